The maximum absolute atomic E-state index is 12.9. The number of amides is 1. The first-order valence-corrected chi connectivity index (χ1v) is 12.1. The van der Waals surface area contributed by atoms with Gasteiger partial charge in [-0.05, 0) is 49.4 Å². The maximum atomic E-state index is 12.9. The van der Waals surface area contributed by atoms with E-state index in [1.165, 1.54) is 6.92 Å². The summed E-state index contributed by atoms with van der Waals surface area (Å²) in [5.41, 5.74) is 5.37. The van der Waals surface area contributed by atoms with E-state index in [0.717, 1.165) is 16.8 Å². The van der Waals surface area contributed by atoms with Gasteiger partial charge >= 0.3 is 5.97 Å². The molecule has 1 amide bonds. The van der Waals surface area contributed by atoms with Crippen LogP contribution in [0.25, 0.3) is 33.5 Å². The summed E-state index contributed by atoms with van der Waals surface area (Å²) >= 11 is 0. The van der Waals surface area contributed by atoms with Crippen LogP contribution >= 0.6 is 0 Å². The first-order chi connectivity index (χ1) is 18.5. The molecule has 0 fully saturated rings. The minimum atomic E-state index is -1.01. The molecule has 1 aromatic heterocycles. The van der Waals surface area contributed by atoms with Crippen LogP contribution in [0.1, 0.15) is 17.3 Å². The molecule has 7 heteroatoms. The van der Waals surface area contributed by atoms with Gasteiger partial charge in [-0.15, -0.1) is 0 Å². The van der Waals surface area contributed by atoms with Gasteiger partial charge in [-0.2, -0.15) is 0 Å². The number of carbonyl (C=O) groups is 2. The third kappa shape index (κ3) is 5.37. The predicted molar refractivity (Wildman–Crippen MR) is 147 cm³/mol. The van der Waals surface area contributed by atoms with Crippen LogP contribution in [0.3, 0.4) is 0 Å². The number of esters is 1. The second-order valence-corrected chi connectivity index (χ2v) is 8.62. The number of methoxy groups -OCH3 is 1. The van der Waals surface area contributed by atoms with Crippen LogP contribution in [0.2, 0.25) is 0 Å². The van der Waals surface area contributed by atoms with Crippen LogP contribution < -0.4 is 10.1 Å². The van der Waals surface area contributed by atoms with Crippen LogP contribution in [0.4, 0.5) is 5.69 Å². The fraction of sp³-hybridized carbons (Fsp3) is 0.0968. The lowest BCUT2D eigenvalue weighted by Crippen LogP contribution is -2.30. The lowest BCUT2D eigenvalue weighted by atomic mass is 10.0. The number of carbonyl (C=O) groups excluding carboxylic acids is 2. The largest absolute Gasteiger partial charge is 0.497 e. The number of hydrogen-bond donors (Lipinski definition) is 1. The molecule has 0 aliphatic carbocycles. The number of nitrogens with zero attached hydrogens (tertiary/aromatic N) is 2. The van der Waals surface area contributed by atoms with Gasteiger partial charge < -0.3 is 14.8 Å². The molecule has 7 nitrogen and oxygen atoms in total. The number of benzene rings is 4. The highest BCUT2D eigenvalue weighted by atomic mass is 16.5. The SMILES string of the molecule is COc1ccc(NC(=O)C(C)OC(=O)c2ccc3nc(-c4ccccc4)c(-c4ccccc4)nc3c2)cc1. The zero-order valence-electron chi connectivity index (χ0n) is 20.9. The summed E-state index contributed by atoms with van der Waals surface area (Å²) in [6, 6.07) is 31.5. The number of nitrogens with one attached hydrogen (secondary N) is 1. The Morgan fingerprint density at radius 3 is 1.89 bits per heavy atom. The average molecular weight is 504 g/mol. The van der Waals surface area contributed by atoms with Crippen molar-refractivity contribution in [1.29, 1.82) is 0 Å². The van der Waals surface area contributed by atoms with E-state index in [-0.39, 0.29) is 5.56 Å². The van der Waals surface area contributed by atoms with Gasteiger partial charge in [-0.25, -0.2) is 14.8 Å². The molecule has 188 valence electrons. The van der Waals surface area contributed by atoms with E-state index in [1.807, 2.05) is 60.7 Å². The summed E-state index contributed by atoms with van der Waals surface area (Å²) < 4.78 is 10.6. The van der Waals surface area contributed by atoms with Crippen molar-refractivity contribution >= 4 is 28.6 Å². The van der Waals surface area contributed by atoms with Crippen molar-refractivity contribution in [3.63, 3.8) is 0 Å². The lowest BCUT2D eigenvalue weighted by Gasteiger charge is -2.14. The summed E-state index contributed by atoms with van der Waals surface area (Å²) in [5.74, 6) is -0.393. The van der Waals surface area contributed by atoms with Crippen molar-refractivity contribution in [3.05, 3.63) is 109 Å². The van der Waals surface area contributed by atoms with Crippen molar-refractivity contribution in [3.8, 4) is 28.3 Å². The van der Waals surface area contributed by atoms with E-state index in [9.17, 15) is 9.59 Å². The van der Waals surface area contributed by atoms with Gasteiger partial charge in [0.1, 0.15) is 5.75 Å². The molecule has 1 unspecified atom stereocenters. The third-order valence-electron chi connectivity index (χ3n) is 6.00. The Hall–Kier alpha value is -5.04. The fourth-order valence-corrected chi connectivity index (χ4v) is 3.98. The van der Waals surface area contributed by atoms with Crippen molar-refractivity contribution in [2.45, 2.75) is 13.0 Å². The molecule has 0 saturated carbocycles. The number of rotatable bonds is 7. The molecule has 0 bridgehead atoms. The van der Waals surface area contributed by atoms with Gasteiger partial charge in [0, 0.05) is 16.8 Å². The summed E-state index contributed by atoms with van der Waals surface area (Å²) in [4.78, 5) is 35.3. The fourth-order valence-electron chi connectivity index (χ4n) is 3.98. The van der Waals surface area contributed by atoms with E-state index in [4.69, 9.17) is 19.4 Å². The molecule has 1 N–H and O–H groups in total. The third-order valence-corrected chi connectivity index (χ3v) is 6.00. The monoisotopic (exact) mass is 503 g/mol. The van der Waals surface area contributed by atoms with E-state index >= 15 is 0 Å². The Bertz CT molecular complexity index is 1590. The van der Waals surface area contributed by atoms with E-state index < -0.39 is 18.0 Å². The molecule has 0 aliphatic heterocycles. The average Bonchev–Trinajstić information content (AvgIpc) is 2.97. The van der Waals surface area contributed by atoms with Crippen molar-refractivity contribution in [2.24, 2.45) is 0 Å². The van der Waals surface area contributed by atoms with Crippen LogP contribution in [0.15, 0.2) is 103 Å². The molecular formula is C31H25N3O4. The van der Waals surface area contributed by atoms with E-state index in [2.05, 4.69) is 5.32 Å². The first kappa shape index (κ1) is 24.6. The van der Waals surface area contributed by atoms with Gasteiger partial charge in [0.2, 0.25) is 0 Å². The lowest BCUT2D eigenvalue weighted by molar-refractivity contribution is -0.123. The molecule has 4 aromatic carbocycles. The van der Waals surface area contributed by atoms with Crippen molar-refractivity contribution in [2.75, 3.05) is 12.4 Å². The number of fused-ring (bicyclic) bond motifs is 1. The number of aromatic nitrogens is 2. The summed E-state index contributed by atoms with van der Waals surface area (Å²) in [6.07, 6.45) is -1.01. The zero-order chi connectivity index (χ0) is 26.5. The number of hydrogen-bond acceptors (Lipinski definition) is 6. The second-order valence-electron chi connectivity index (χ2n) is 8.62. The van der Waals surface area contributed by atoms with Gasteiger partial charge in [-0.3, -0.25) is 4.79 Å². The topological polar surface area (TPSA) is 90.4 Å². The molecule has 5 rings (SSSR count). The molecule has 1 heterocycles. The van der Waals surface area contributed by atoms with Gasteiger partial charge in [0.05, 0.1) is 35.1 Å². The molecule has 0 aliphatic rings. The minimum absolute atomic E-state index is 0.280. The highest BCUT2D eigenvalue weighted by molar-refractivity contribution is 5.99. The standard InChI is InChI=1S/C31H25N3O4/c1-20(30(35)32-24-14-16-25(37-2)17-15-24)38-31(36)23-13-18-26-27(19-23)34-29(22-11-7-4-8-12-22)28(33-26)21-9-5-3-6-10-21/h3-20H,1-2H3,(H,32,35). The molecule has 1 atom stereocenters. The molecule has 38 heavy (non-hydrogen) atoms. The van der Waals surface area contributed by atoms with E-state index in [1.54, 1.807) is 49.6 Å². The van der Waals surface area contributed by atoms with Crippen molar-refractivity contribution < 1.29 is 19.1 Å². The Morgan fingerprint density at radius 1 is 0.737 bits per heavy atom. The molecule has 0 spiro atoms. The smallest absolute Gasteiger partial charge is 0.338 e. The van der Waals surface area contributed by atoms with Crippen molar-refractivity contribution in [1.82, 2.24) is 9.97 Å². The van der Waals surface area contributed by atoms with Gasteiger partial charge in [-0.1, -0.05) is 60.7 Å². The first-order valence-electron chi connectivity index (χ1n) is 12.1. The minimum Gasteiger partial charge on any atom is -0.497 e. The Morgan fingerprint density at radius 2 is 1.32 bits per heavy atom. The Balaban J connectivity index is 1.40. The van der Waals surface area contributed by atoms with Crippen LogP contribution in [-0.2, 0) is 9.53 Å². The van der Waals surface area contributed by atoms with Gasteiger partial charge in [0.15, 0.2) is 6.10 Å². The summed E-state index contributed by atoms with van der Waals surface area (Å²) in [7, 11) is 1.57. The molecule has 5 aromatic rings. The highest BCUT2D eigenvalue weighted by Gasteiger charge is 2.20. The zero-order valence-corrected chi connectivity index (χ0v) is 20.9. The molecule has 0 saturated heterocycles. The van der Waals surface area contributed by atoms with Crippen LogP contribution in [-0.4, -0.2) is 35.1 Å². The molecule has 0 radical (unpaired) electrons. The van der Waals surface area contributed by atoms with Gasteiger partial charge in [0.25, 0.3) is 5.91 Å². The summed E-state index contributed by atoms with van der Waals surface area (Å²) in [6.45, 7) is 1.53. The van der Waals surface area contributed by atoms with Crippen LogP contribution in [0.5, 0.6) is 5.75 Å². The Labute approximate surface area is 220 Å². The van der Waals surface area contributed by atoms with E-state index in [0.29, 0.717) is 28.2 Å². The quantitative estimate of drug-likeness (QED) is 0.268. The second kappa shape index (κ2) is 10.9. The highest BCUT2D eigenvalue weighted by Crippen LogP contribution is 2.31. The maximum Gasteiger partial charge on any atom is 0.338 e. The normalized spacial score (nSPS) is 11.5. The molecular weight excluding hydrogens is 478 g/mol. The summed E-state index contributed by atoms with van der Waals surface area (Å²) in [5, 5.41) is 2.73. The van der Waals surface area contributed by atoms with Crippen LogP contribution in [0, 0.1) is 0 Å². The Kier molecular flexibility index (Phi) is 7.08. The number of anilines is 1. The number of ether oxygens (including phenoxy) is 2. The predicted octanol–water partition coefficient (Wildman–Crippen LogP) is 6.16.